The van der Waals surface area contributed by atoms with Gasteiger partial charge in [-0.3, -0.25) is 9.59 Å². The Labute approximate surface area is 143 Å². The predicted octanol–water partition coefficient (Wildman–Crippen LogP) is 2.61. The van der Waals surface area contributed by atoms with Gasteiger partial charge in [-0.05, 0) is 24.3 Å². The van der Waals surface area contributed by atoms with Gasteiger partial charge in [0.25, 0.3) is 0 Å². The molecule has 0 aromatic carbocycles. The molecule has 0 aliphatic heterocycles. The summed E-state index contributed by atoms with van der Waals surface area (Å²) in [4.78, 5) is 21.9. The van der Waals surface area contributed by atoms with Crippen molar-refractivity contribution in [2.24, 2.45) is 0 Å². The normalized spacial score (nSPS) is 15.6. The lowest BCUT2D eigenvalue weighted by atomic mass is 10.3. The molecule has 0 aliphatic carbocycles. The van der Waals surface area contributed by atoms with Gasteiger partial charge >= 0.3 is 11.9 Å². The summed E-state index contributed by atoms with van der Waals surface area (Å²) in [6.45, 7) is 0. The molecule has 0 aliphatic rings. The molecular formula is C11H19ClO4S4. The second kappa shape index (κ2) is 12.2. The summed E-state index contributed by atoms with van der Waals surface area (Å²) < 4.78 is 0. The average Bonchev–Trinajstić information content (AvgIpc) is 2.38. The van der Waals surface area contributed by atoms with Crippen molar-refractivity contribution in [3.8, 4) is 0 Å². The third-order valence-corrected chi connectivity index (χ3v) is 6.35. The van der Waals surface area contributed by atoms with Crippen molar-refractivity contribution in [3.05, 3.63) is 0 Å². The van der Waals surface area contributed by atoms with Gasteiger partial charge in [-0.25, -0.2) is 0 Å². The topological polar surface area (TPSA) is 74.6 Å². The zero-order valence-corrected chi connectivity index (χ0v) is 15.0. The molecule has 9 heteroatoms. The second-order valence-corrected chi connectivity index (χ2v) is 7.93. The first kappa shape index (κ1) is 20.6. The van der Waals surface area contributed by atoms with Gasteiger partial charge in [0.15, 0.2) is 0 Å². The van der Waals surface area contributed by atoms with E-state index in [1.807, 2.05) is 0 Å². The number of thiol groups is 2. The third kappa shape index (κ3) is 9.55. The van der Waals surface area contributed by atoms with Gasteiger partial charge in [0, 0.05) is 11.5 Å². The summed E-state index contributed by atoms with van der Waals surface area (Å²) in [6, 6.07) is 0. The lowest BCUT2D eigenvalue weighted by Crippen LogP contribution is -2.22. The van der Waals surface area contributed by atoms with Gasteiger partial charge in [0.2, 0.25) is 0 Å². The van der Waals surface area contributed by atoms with Crippen molar-refractivity contribution in [2.45, 2.75) is 28.7 Å². The summed E-state index contributed by atoms with van der Waals surface area (Å²) in [5, 5.41) is 16.7. The Morgan fingerprint density at radius 1 is 0.950 bits per heavy atom. The molecule has 0 radical (unpaired) electrons. The number of hydrogen-bond donors (Lipinski definition) is 4. The lowest BCUT2D eigenvalue weighted by molar-refractivity contribution is -0.137. The van der Waals surface area contributed by atoms with Crippen molar-refractivity contribution >= 4 is 72.3 Å². The smallest absolute Gasteiger partial charge is 0.316 e. The van der Waals surface area contributed by atoms with Crippen molar-refractivity contribution in [3.63, 3.8) is 0 Å². The van der Waals surface area contributed by atoms with Crippen molar-refractivity contribution in [1.29, 1.82) is 0 Å². The maximum atomic E-state index is 11.0. The first-order valence-corrected chi connectivity index (χ1v) is 9.76. The van der Waals surface area contributed by atoms with E-state index in [1.54, 1.807) is 0 Å². The van der Waals surface area contributed by atoms with Gasteiger partial charge in [-0.15, -0.1) is 35.1 Å². The SMILES string of the molecule is O=C(O)C(CCS)SCC(Cl)CSC(CCS)C(=O)O. The van der Waals surface area contributed by atoms with Crippen LogP contribution < -0.4 is 0 Å². The van der Waals surface area contributed by atoms with Crippen molar-refractivity contribution in [2.75, 3.05) is 23.0 Å². The molecule has 0 saturated heterocycles. The maximum absolute atomic E-state index is 11.0. The number of aliphatic carboxylic acids is 2. The maximum Gasteiger partial charge on any atom is 0.316 e. The van der Waals surface area contributed by atoms with E-state index in [0.29, 0.717) is 35.9 Å². The van der Waals surface area contributed by atoms with E-state index >= 15 is 0 Å². The Bertz CT molecular complexity index is 278. The lowest BCUT2D eigenvalue weighted by Gasteiger charge is -2.16. The molecule has 0 aromatic rings. The molecule has 2 N–H and O–H groups in total. The second-order valence-electron chi connectivity index (χ2n) is 3.94. The van der Waals surface area contributed by atoms with E-state index in [9.17, 15) is 9.59 Å². The highest BCUT2D eigenvalue weighted by Gasteiger charge is 2.21. The molecular weight excluding hydrogens is 360 g/mol. The van der Waals surface area contributed by atoms with E-state index in [0.717, 1.165) is 0 Å². The molecule has 4 nitrogen and oxygen atoms in total. The quantitative estimate of drug-likeness (QED) is 0.309. The van der Waals surface area contributed by atoms with E-state index in [4.69, 9.17) is 21.8 Å². The fraction of sp³-hybridized carbons (Fsp3) is 0.818. The zero-order chi connectivity index (χ0) is 15.5. The average molecular weight is 379 g/mol. The van der Waals surface area contributed by atoms with Crippen LogP contribution in [0.3, 0.4) is 0 Å². The van der Waals surface area contributed by atoms with Crippen LogP contribution in [-0.4, -0.2) is 61.0 Å². The molecule has 0 amide bonds. The number of carboxylic acid groups (broad SMARTS) is 2. The minimum absolute atomic E-state index is 0.256. The molecule has 0 bridgehead atoms. The van der Waals surface area contributed by atoms with Crippen LogP contribution in [0.4, 0.5) is 0 Å². The first-order valence-electron chi connectivity index (χ1n) is 5.97. The molecule has 0 aromatic heterocycles. The molecule has 118 valence electrons. The predicted molar refractivity (Wildman–Crippen MR) is 94.3 cm³/mol. The highest BCUT2D eigenvalue weighted by Crippen LogP contribution is 2.23. The summed E-state index contributed by atoms with van der Waals surface area (Å²) in [5.41, 5.74) is 0. The Morgan fingerprint density at radius 3 is 1.55 bits per heavy atom. The third-order valence-electron chi connectivity index (χ3n) is 2.29. The van der Waals surface area contributed by atoms with Crippen molar-refractivity contribution in [1.82, 2.24) is 0 Å². The van der Waals surface area contributed by atoms with Crippen LogP contribution in [0.15, 0.2) is 0 Å². The zero-order valence-electron chi connectivity index (χ0n) is 10.8. The van der Waals surface area contributed by atoms with Gasteiger partial charge in [0.05, 0.1) is 5.38 Å². The number of thioether (sulfide) groups is 2. The van der Waals surface area contributed by atoms with Crippen LogP contribution in [0.5, 0.6) is 0 Å². The largest absolute Gasteiger partial charge is 0.480 e. The van der Waals surface area contributed by atoms with Crippen LogP contribution >= 0.6 is 60.4 Å². The van der Waals surface area contributed by atoms with Crippen LogP contribution in [0.1, 0.15) is 12.8 Å². The summed E-state index contributed by atoms with van der Waals surface area (Å²) in [7, 11) is 0. The van der Waals surface area contributed by atoms with E-state index in [2.05, 4.69) is 25.3 Å². The molecule has 20 heavy (non-hydrogen) atoms. The molecule has 0 heterocycles. The summed E-state index contributed by atoms with van der Waals surface area (Å²) in [6.07, 6.45) is 0.967. The Hall–Kier alpha value is 0.630. The molecule has 0 fully saturated rings. The number of carboxylic acids is 2. The number of hydrogen-bond acceptors (Lipinski definition) is 6. The number of rotatable bonds is 12. The highest BCUT2D eigenvalue weighted by molar-refractivity contribution is 8.01. The molecule has 0 spiro atoms. The number of halogens is 1. The summed E-state index contributed by atoms with van der Waals surface area (Å²) >= 11 is 16.7. The van der Waals surface area contributed by atoms with Gasteiger partial charge in [-0.1, -0.05) is 0 Å². The van der Waals surface area contributed by atoms with Crippen LogP contribution in [-0.2, 0) is 9.59 Å². The molecule has 0 rings (SSSR count). The van der Waals surface area contributed by atoms with E-state index in [1.165, 1.54) is 23.5 Å². The minimum atomic E-state index is -0.862. The van der Waals surface area contributed by atoms with Crippen LogP contribution in [0, 0.1) is 0 Å². The van der Waals surface area contributed by atoms with E-state index < -0.39 is 22.4 Å². The first-order chi connectivity index (χ1) is 9.42. The highest BCUT2D eigenvalue weighted by atomic mass is 35.5. The Morgan fingerprint density at radius 2 is 1.30 bits per heavy atom. The molecule has 2 unspecified atom stereocenters. The van der Waals surface area contributed by atoms with Crippen LogP contribution in [0.2, 0.25) is 0 Å². The Kier molecular flexibility index (Phi) is 12.6. The summed E-state index contributed by atoms with van der Waals surface area (Å²) in [5.74, 6) is 0.251. The van der Waals surface area contributed by atoms with E-state index in [-0.39, 0.29) is 5.38 Å². The fourth-order valence-electron chi connectivity index (χ4n) is 1.28. The standard InChI is InChI=1S/C11H19ClO4S4/c12-7(5-19-8(1-3-17)10(13)14)6-20-9(2-4-18)11(15)16/h7-9,17-18H,1-6H2,(H,13,14)(H,15,16). The number of alkyl halides is 1. The molecule has 2 atom stereocenters. The Balaban J connectivity index is 4.05. The minimum Gasteiger partial charge on any atom is -0.480 e. The van der Waals surface area contributed by atoms with Gasteiger partial charge in [-0.2, -0.15) is 25.3 Å². The monoisotopic (exact) mass is 378 g/mol. The van der Waals surface area contributed by atoms with Gasteiger partial charge in [0.1, 0.15) is 10.5 Å². The van der Waals surface area contributed by atoms with Crippen molar-refractivity contribution < 1.29 is 19.8 Å². The van der Waals surface area contributed by atoms with Gasteiger partial charge < -0.3 is 10.2 Å². The van der Waals surface area contributed by atoms with Crippen LogP contribution in [0.25, 0.3) is 0 Å². The number of carbonyl (C=O) groups is 2. The fourth-order valence-corrected chi connectivity index (χ4v) is 4.70. The molecule has 0 saturated carbocycles.